The number of hydrogen-bond donors (Lipinski definition) is 0. The third-order valence-corrected chi connectivity index (χ3v) is 4.11. The molecule has 0 aliphatic heterocycles. The molecule has 2 aromatic heterocycles. The Morgan fingerprint density at radius 3 is 2.48 bits per heavy atom. The third kappa shape index (κ3) is 2.65. The Kier molecular flexibility index (Phi) is 4.32. The lowest BCUT2D eigenvalue weighted by molar-refractivity contribution is 0.689. The fourth-order valence-electron chi connectivity index (χ4n) is 1.95. The summed E-state index contributed by atoms with van der Waals surface area (Å²) in [5, 5.41) is 0.982. The van der Waals surface area contributed by atoms with E-state index in [2.05, 4.69) is 16.5 Å². The minimum absolute atomic E-state index is 0.108. The second-order valence-electron chi connectivity index (χ2n) is 5.05. The highest BCUT2D eigenvalue weighted by molar-refractivity contribution is 7.99. The number of aryl methyl sites for hydroxylation is 1. The van der Waals surface area contributed by atoms with E-state index < -0.39 is 0 Å². The zero-order valence-electron chi connectivity index (χ0n) is 12.6. The van der Waals surface area contributed by atoms with Crippen LogP contribution in [0.2, 0.25) is 0 Å². The molecule has 0 aliphatic carbocycles. The summed E-state index contributed by atoms with van der Waals surface area (Å²) in [5.41, 5.74) is -0.371. The molecule has 0 N–H and O–H groups in total. The molecule has 2 rings (SSSR count). The van der Waals surface area contributed by atoms with E-state index in [1.807, 2.05) is 13.8 Å². The van der Waals surface area contributed by atoms with Crippen LogP contribution in [-0.4, -0.2) is 24.9 Å². The second-order valence-corrected chi connectivity index (χ2v) is 6.05. The predicted molar refractivity (Wildman–Crippen MR) is 85.0 cm³/mol. The second kappa shape index (κ2) is 5.85. The Balaban J connectivity index is 2.94. The fourth-order valence-corrected chi connectivity index (χ4v) is 2.70. The monoisotopic (exact) mass is 306 g/mol. The Bertz CT molecular complexity index is 820. The van der Waals surface area contributed by atoms with Gasteiger partial charge in [0, 0.05) is 25.8 Å². The average molecular weight is 306 g/mol. The van der Waals surface area contributed by atoms with E-state index in [9.17, 15) is 9.59 Å². The largest absolute Gasteiger partial charge is 0.332 e. The average Bonchev–Trinajstić information content (AvgIpc) is 2.47. The van der Waals surface area contributed by atoms with Crippen molar-refractivity contribution in [2.24, 2.45) is 14.1 Å². The number of rotatable bonds is 4. The van der Waals surface area contributed by atoms with Crippen molar-refractivity contribution in [3.05, 3.63) is 39.3 Å². The molecule has 2 aromatic rings. The number of aromatic nitrogens is 4. The summed E-state index contributed by atoms with van der Waals surface area (Å²) >= 11 is 1.42. The van der Waals surface area contributed by atoms with Crippen LogP contribution in [0.1, 0.15) is 25.6 Å². The van der Waals surface area contributed by atoms with Crippen LogP contribution in [0.25, 0.3) is 11.0 Å². The summed E-state index contributed by atoms with van der Waals surface area (Å²) in [4.78, 5) is 33.3. The van der Waals surface area contributed by atoms with E-state index in [0.29, 0.717) is 27.6 Å². The molecular weight excluding hydrogens is 288 g/mol. The Morgan fingerprint density at radius 1 is 1.24 bits per heavy atom. The first-order valence-corrected chi connectivity index (χ1v) is 7.58. The molecule has 112 valence electrons. The molecule has 0 fully saturated rings. The first-order valence-electron chi connectivity index (χ1n) is 6.59. The molecule has 6 nitrogen and oxygen atoms in total. The summed E-state index contributed by atoms with van der Waals surface area (Å²) in [6.45, 7) is 7.63. The molecular formula is C14H18N4O2S. The van der Waals surface area contributed by atoms with E-state index in [-0.39, 0.29) is 17.2 Å². The number of nitrogens with zero attached hydrogens (tertiary/aromatic N) is 4. The van der Waals surface area contributed by atoms with Gasteiger partial charge in [-0.25, -0.2) is 14.8 Å². The SMILES string of the molecule is C=CCSc1nc(C(C)C)nc2c1c(=O)n(C)c(=O)n2C. The maximum Gasteiger partial charge on any atom is 0.332 e. The van der Waals surface area contributed by atoms with Crippen molar-refractivity contribution in [3.8, 4) is 0 Å². The third-order valence-electron chi connectivity index (χ3n) is 3.14. The normalized spacial score (nSPS) is 11.3. The molecule has 21 heavy (non-hydrogen) atoms. The van der Waals surface area contributed by atoms with E-state index in [1.54, 1.807) is 13.1 Å². The van der Waals surface area contributed by atoms with Crippen LogP contribution in [0.5, 0.6) is 0 Å². The van der Waals surface area contributed by atoms with Crippen molar-refractivity contribution < 1.29 is 0 Å². The molecule has 0 saturated heterocycles. The molecule has 0 unspecified atom stereocenters. The van der Waals surface area contributed by atoms with Gasteiger partial charge in [0.25, 0.3) is 5.56 Å². The van der Waals surface area contributed by atoms with Crippen molar-refractivity contribution in [2.45, 2.75) is 24.8 Å². The van der Waals surface area contributed by atoms with Gasteiger partial charge >= 0.3 is 5.69 Å². The lowest BCUT2D eigenvalue weighted by Gasteiger charge is -2.12. The minimum atomic E-state index is -0.388. The van der Waals surface area contributed by atoms with Gasteiger partial charge in [0.1, 0.15) is 16.2 Å². The maximum atomic E-state index is 12.4. The van der Waals surface area contributed by atoms with Gasteiger partial charge in [-0.1, -0.05) is 19.9 Å². The first kappa shape index (κ1) is 15.5. The smallest absolute Gasteiger partial charge is 0.280 e. The van der Waals surface area contributed by atoms with Crippen molar-refractivity contribution in [1.82, 2.24) is 19.1 Å². The molecule has 0 saturated carbocycles. The van der Waals surface area contributed by atoms with E-state index in [0.717, 1.165) is 4.57 Å². The van der Waals surface area contributed by atoms with E-state index >= 15 is 0 Å². The molecule has 0 aromatic carbocycles. The number of fused-ring (bicyclic) bond motifs is 1. The van der Waals surface area contributed by atoms with E-state index in [4.69, 9.17) is 0 Å². The fraction of sp³-hybridized carbons (Fsp3) is 0.429. The Hall–Kier alpha value is -1.89. The summed E-state index contributed by atoms with van der Waals surface area (Å²) in [5.74, 6) is 1.37. The van der Waals surface area contributed by atoms with Gasteiger partial charge in [0.15, 0.2) is 5.65 Å². The minimum Gasteiger partial charge on any atom is -0.280 e. The molecule has 0 aliphatic rings. The standard InChI is InChI=1S/C14H18N4O2S/c1-6-7-21-12-9-11(15-10(16-12)8(2)3)17(4)14(20)18(5)13(9)19/h6,8H,1,7H2,2-5H3. The Labute approximate surface area is 126 Å². The van der Waals surface area contributed by atoms with Crippen molar-refractivity contribution in [2.75, 3.05) is 5.75 Å². The van der Waals surface area contributed by atoms with Crippen LogP contribution in [0.3, 0.4) is 0 Å². The quantitative estimate of drug-likeness (QED) is 0.485. The topological polar surface area (TPSA) is 69.8 Å². The van der Waals surface area contributed by atoms with E-state index in [1.165, 1.54) is 23.4 Å². The molecule has 0 radical (unpaired) electrons. The molecule has 0 amide bonds. The van der Waals surface area contributed by atoms with Gasteiger partial charge in [0.05, 0.1) is 0 Å². The van der Waals surface area contributed by atoms with Crippen LogP contribution in [0.15, 0.2) is 27.3 Å². The molecule has 7 heteroatoms. The molecule has 0 spiro atoms. The van der Waals surface area contributed by atoms with Crippen LogP contribution in [0.4, 0.5) is 0 Å². The highest BCUT2D eigenvalue weighted by Gasteiger charge is 2.18. The van der Waals surface area contributed by atoms with Gasteiger partial charge in [-0.05, 0) is 0 Å². The van der Waals surface area contributed by atoms with Crippen LogP contribution in [-0.2, 0) is 14.1 Å². The summed E-state index contributed by atoms with van der Waals surface area (Å²) in [7, 11) is 3.07. The first-order chi connectivity index (χ1) is 9.88. The zero-order valence-corrected chi connectivity index (χ0v) is 13.4. The lowest BCUT2D eigenvalue weighted by atomic mass is 10.2. The summed E-state index contributed by atoms with van der Waals surface area (Å²) in [6, 6.07) is 0. The van der Waals surface area contributed by atoms with Gasteiger partial charge in [-0.15, -0.1) is 18.3 Å². The molecule has 2 heterocycles. The highest BCUT2D eigenvalue weighted by Crippen LogP contribution is 2.24. The molecule has 0 atom stereocenters. The zero-order chi connectivity index (χ0) is 15.7. The van der Waals surface area contributed by atoms with Crippen molar-refractivity contribution >= 4 is 22.8 Å². The summed E-state index contributed by atoms with van der Waals surface area (Å²) in [6.07, 6.45) is 1.75. The number of hydrogen-bond acceptors (Lipinski definition) is 5. The van der Waals surface area contributed by atoms with Gasteiger partial charge < -0.3 is 0 Å². The molecule has 0 bridgehead atoms. The Morgan fingerprint density at radius 2 is 1.90 bits per heavy atom. The predicted octanol–water partition coefficient (Wildman–Crippen LogP) is 1.43. The maximum absolute atomic E-state index is 12.4. The van der Waals surface area contributed by atoms with Gasteiger partial charge in [-0.3, -0.25) is 13.9 Å². The lowest BCUT2D eigenvalue weighted by Crippen LogP contribution is -2.37. The number of thioether (sulfide) groups is 1. The van der Waals surface area contributed by atoms with Crippen LogP contribution >= 0.6 is 11.8 Å². The van der Waals surface area contributed by atoms with Crippen LogP contribution < -0.4 is 11.2 Å². The van der Waals surface area contributed by atoms with Crippen LogP contribution in [0, 0.1) is 0 Å². The highest BCUT2D eigenvalue weighted by atomic mass is 32.2. The van der Waals surface area contributed by atoms with Gasteiger partial charge in [0.2, 0.25) is 0 Å². The van der Waals surface area contributed by atoms with Gasteiger partial charge in [-0.2, -0.15) is 0 Å². The van der Waals surface area contributed by atoms with Crippen molar-refractivity contribution in [3.63, 3.8) is 0 Å². The summed E-state index contributed by atoms with van der Waals surface area (Å²) < 4.78 is 2.47. The van der Waals surface area contributed by atoms with Crippen molar-refractivity contribution in [1.29, 1.82) is 0 Å².